The van der Waals surface area contributed by atoms with Crippen LogP contribution in [-0.4, -0.2) is 88.2 Å². The zero-order valence-corrected chi connectivity index (χ0v) is 17.9. The molecule has 0 spiro atoms. The number of likely N-dealkylation sites (N-methyl/N-ethyl adjacent to an activating group) is 1. The predicted octanol–water partition coefficient (Wildman–Crippen LogP) is 1.25. The third-order valence-corrected chi connectivity index (χ3v) is 5.50. The fraction of sp³-hybridized carbons (Fsp3) is 0.450. The fourth-order valence-corrected chi connectivity index (χ4v) is 3.74. The highest BCUT2D eigenvalue weighted by Gasteiger charge is 2.35. The van der Waals surface area contributed by atoms with Gasteiger partial charge in [0.1, 0.15) is 17.5 Å². The maximum absolute atomic E-state index is 8.38. The number of amidine groups is 2. The van der Waals surface area contributed by atoms with Crippen LogP contribution >= 0.6 is 0 Å². The molecule has 1 atom stereocenters. The Labute approximate surface area is 175 Å². The molecule has 2 aliphatic heterocycles. The molecule has 1 unspecified atom stereocenters. The molecule has 158 valence electrons. The van der Waals surface area contributed by atoms with Gasteiger partial charge in [-0.25, -0.2) is 19.5 Å². The number of aromatic nitrogens is 3. The largest absolute Gasteiger partial charge is 0.396 e. The van der Waals surface area contributed by atoms with E-state index in [4.69, 9.17) is 11.1 Å². The highest BCUT2D eigenvalue weighted by Crippen LogP contribution is 2.23. The molecule has 30 heavy (non-hydrogen) atoms. The molecular weight excluding hydrogens is 380 g/mol. The van der Waals surface area contributed by atoms with E-state index < -0.39 is 0 Å². The molecule has 2 aliphatic rings. The van der Waals surface area contributed by atoms with Crippen molar-refractivity contribution in [2.75, 3.05) is 46.1 Å². The summed E-state index contributed by atoms with van der Waals surface area (Å²) >= 11 is 0. The summed E-state index contributed by atoms with van der Waals surface area (Å²) in [5.74, 6) is 1.77. The van der Waals surface area contributed by atoms with Crippen LogP contribution in [0.3, 0.4) is 0 Å². The Morgan fingerprint density at radius 1 is 1.37 bits per heavy atom. The van der Waals surface area contributed by atoms with Crippen LogP contribution in [-0.2, 0) is 0 Å². The number of anilines is 1. The molecule has 10 heteroatoms. The monoisotopic (exact) mass is 409 g/mol. The summed E-state index contributed by atoms with van der Waals surface area (Å²) in [6, 6.07) is 2.36. The van der Waals surface area contributed by atoms with Crippen molar-refractivity contribution in [3.8, 4) is 0 Å². The second-order valence-corrected chi connectivity index (χ2v) is 8.53. The van der Waals surface area contributed by atoms with Crippen molar-refractivity contribution in [3.05, 3.63) is 30.2 Å². The SMILES string of the molecule is CCNc1ccn2ncc(/N=C3\N=C(N4CCC([N+](C)(C)C)C4)C(=N)C=C3N)c2n1. The molecule has 4 N–H and O–H groups in total. The minimum absolute atomic E-state index is 0.320. The second kappa shape index (κ2) is 7.52. The average molecular weight is 410 g/mol. The second-order valence-electron chi connectivity index (χ2n) is 8.53. The lowest BCUT2D eigenvalue weighted by molar-refractivity contribution is -0.893. The number of nitrogens with two attached hydrogens (primary N) is 1. The molecule has 0 aromatic carbocycles. The van der Waals surface area contributed by atoms with E-state index in [0.717, 1.165) is 36.4 Å². The minimum atomic E-state index is 0.320. The van der Waals surface area contributed by atoms with Crippen LogP contribution in [0, 0.1) is 5.41 Å². The first kappa shape index (κ1) is 20.0. The van der Waals surface area contributed by atoms with Gasteiger partial charge in [0.15, 0.2) is 17.3 Å². The van der Waals surface area contributed by atoms with E-state index >= 15 is 0 Å². The highest BCUT2D eigenvalue weighted by atomic mass is 15.4. The first-order chi connectivity index (χ1) is 14.3. The van der Waals surface area contributed by atoms with Crippen LogP contribution < -0.4 is 11.1 Å². The first-order valence-corrected chi connectivity index (χ1v) is 10.1. The van der Waals surface area contributed by atoms with E-state index in [1.807, 2.05) is 19.2 Å². The van der Waals surface area contributed by atoms with Gasteiger partial charge in [-0.05, 0) is 19.1 Å². The Hall–Kier alpha value is -3.27. The van der Waals surface area contributed by atoms with Gasteiger partial charge in [0.25, 0.3) is 0 Å². The summed E-state index contributed by atoms with van der Waals surface area (Å²) in [6.45, 7) is 4.52. The molecule has 0 radical (unpaired) electrons. The number of aliphatic imine (C=N–C) groups is 2. The van der Waals surface area contributed by atoms with Crippen LogP contribution in [0.15, 0.2) is 40.2 Å². The topological polar surface area (TPSA) is 120 Å². The molecule has 2 aromatic rings. The molecule has 0 saturated carbocycles. The Bertz CT molecular complexity index is 1070. The van der Waals surface area contributed by atoms with Crippen molar-refractivity contribution in [1.29, 1.82) is 5.41 Å². The van der Waals surface area contributed by atoms with E-state index in [0.29, 0.717) is 40.5 Å². The van der Waals surface area contributed by atoms with E-state index in [1.165, 1.54) is 0 Å². The molecule has 2 aromatic heterocycles. The number of quaternary nitrogens is 1. The summed E-state index contributed by atoms with van der Waals surface area (Å²) < 4.78 is 2.56. The average Bonchev–Trinajstić information content (AvgIpc) is 3.31. The number of hydrogen-bond donors (Lipinski definition) is 3. The van der Waals surface area contributed by atoms with Gasteiger partial charge in [-0.2, -0.15) is 5.10 Å². The Morgan fingerprint density at radius 2 is 2.17 bits per heavy atom. The quantitative estimate of drug-likeness (QED) is 0.657. The van der Waals surface area contributed by atoms with Gasteiger partial charge in [-0.3, -0.25) is 5.41 Å². The van der Waals surface area contributed by atoms with Crippen molar-refractivity contribution in [2.24, 2.45) is 15.7 Å². The number of nitrogens with zero attached hydrogens (tertiary/aromatic N) is 7. The smallest absolute Gasteiger partial charge is 0.183 e. The number of rotatable bonds is 4. The van der Waals surface area contributed by atoms with E-state index in [2.05, 4.69) is 51.4 Å². The van der Waals surface area contributed by atoms with Crippen molar-refractivity contribution in [2.45, 2.75) is 19.4 Å². The molecule has 1 fully saturated rings. The molecule has 10 nitrogen and oxygen atoms in total. The lowest BCUT2D eigenvalue weighted by Crippen LogP contribution is -2.47. The van der Waals surface area contributed by atoms with Gasteiger partial charge in [-0.1, -0.05) is 0 Å². The van der Waals surface area contributed by atoms with Gasteiger partial charge in [0.2, 0.25) is 0 Å². The highest BCUT2D eigenvalue weighted by molar-refractivity contribution is 6.48. The molecular formula is C20H29N10+. The van der Waals surface area contributed by atoms with E-state index in [-0.39, 0.29) is 0 Å². The summed E-state index contributed by atoms with van der Waals surface area (Å²) in [7, 11) is 6.60. The summed E-state index contributed by atoms with van der Waals surface area (Å²) in [6.07, 6.45) is 6.18. The lowest BCUT2D eigenvalue weighted by atomic mass is 10.2. The third kappa shape index (κ3) is 3.78. The first-order valence-electron chi connectivity index (χ1n) is 10.1. The Kier molecular flexibility index (Phi) is 5.02. The zero-order valence-electron chi connectivity index (χ0n) is 17.9. The van der Waals surface area contributed by atoms with E-state index in [9.17, 15) is 0 Å². The maximum atomic E-state index is 8.38. The molecule has 0 bridgehead atoms. The van der Waals surface area contributed by atoms with Crippen LogP contribution in [0.2, 0.25) is 0 Å². The molecule has 1 saturated heterocycles. The number of fused-ring (bicyclic) bond motifs is 1. The number of nitrogens with one attached hydrogen (secondary N) is 2. The number of dihydropyridines is 1. The number of hydrogen-bond acceptors (Lipinski definition) is 7. The van der Waals surface area contributed by atoms with Gasteiger partial charge in [0, 0.05) is 25.7 Å². The summed E-state index contributed by atoms with van der Waals surface area (Å²) in [4.78, 5) is 16.1. The van der Waals surface area contributed by atoms with Crippen molar-refractivity contribution in [1.82, 2.24) is 19.5 Å². The van der Waals surface area contributed by atoms with E-state index in [1.54, 1.807) is 16.8 Å². The van der Waals surface area contributed by atoms with Gasteiger partial charge >= 0.3 is 0 Å². The standard InChI is InChI=1S/C20H29N10/c1-5-23-17-7-9-29-20(26-17)16(11-24-29)25-18-14(21)10-15(22)19(27-18)28-8-6-13(12-28)30(2,3)4/h7,9-11,13,22H,5-6,8,12,21H2,1-4H3,(H,23,26)/q+1/b22-15?,25-18-. The molecule has 0 amide bonds. The fourth-order valence-electron chi connectivity index (χ4n) is 3.74. The minimum Gasteiger partial charge on any atom is -0.396 e. The summed E-state index contributed by atoms with van der Waals surface area (Å²) in [5.41, 5.74) is 8.06. The zero-order chi connectivity index (χ0) is 21.5. The van der Waals surface area contributed by atoms with Gasteiger partial charge in [-0.15, -0.1) is 0 Å². The van der Waals surface area contributed by atoms with Gasteiger partial charge < -0.3 is 20.4 Å². The number of likely N-dealkylation sites (tertiary alicyclic amines) is 1. The molecule has 4 heterocycles. The van der Waals surface area contributed by atoms with Gasteiger partial charge in [0.05, 0.1) is 45.3 Å². The summed E-state index contributed by atoms with van der Waals surface area (Å²) in [5, 5.41) is 15.9. The van der Waals surface area contributed by atoms with Crippen molar-refractivity contribution >= 4 is 34.5 Å². The lowest BCUT2D eigenvalue weighted by Gasteiger charge is -2.31. The Balaban J connectivity index is 1.67. The maximum Gasteiger partial charge on any atom is 0.183 e. The van der Waals surface area contributed by atoms with Crippen molar-refractivity contribution < 1.29 is 4.48 Å². The van der Waals surface area contributed by atoms with Crippen molar-refractivity contribution in [3.63, 3.8) is 0 Å². The van der Waals surface area contributed by atoms with Crippen LogP contribution in [0.4, 0.5) is 11.5 Å². The third-order valence-electron chi connectivity index (χ3n) is 5.50. The molecule has 4 rings (SSSR count). The predicted molar refractivity (Wildman–Crippen MR) is 120 cm³/mol. The normalized spacial score (nSPS) is 21.3. The van der Waals surface area contributed by atoms with Crippen LogP contribution in [0.25, 0.3) is 5.65 Å². The van der Waals surface area contributed by atoms with Crippen LogP contribution in [0.1, 0.15) is 13.3 Å². The van der Waals surface area contributed by atoms with Crippen LogP contribution in [0.5, 0.6) is 0 Å². The molecule has 0 aliphatic carbocycles. The Morgan fingerprint density at radius 3 is 2.87 bits per heavy atom.